The predicted molar refractivity (Wildman–Crippen MR) is 58.9 cm³/mol. The number of carboxylic acid groups (broad SMARTS) is 1. The molecule has 1 heterocycles. The van der Waals surface area contributed by atoms with Crippen LogP contribution in [0.3, 0.4) is 0 Å². The van der Waals surface area contributed by atoms with Crippen LogP contribution in [0.4, 0.5) is 0 Å². The topological polar surface area (TPSA) is 54.6 Å². The fourth-order valence-corrected chi connectivity index (χ4v) is 2.38. The van der Waals surface area contributed by atoms with Crippen molar-refractivity contribution in [2.24, 2.45) is 12.0 Å². The summed E-state index contributed by atoms with van der Waals surface area (Å²) in [5.41, 5.74) is 1.08. The van der Waals surface area contributed by atoms with Gasteiger partial charge >= 0.3 is 5.97 Å². The zero-order chi connectivity index (χ0) is 10.8. The Morgan fingerprint density at radius 1 is 1.53 bits per heavy atom. The molecule has 0 aliphatic rings. The Balaban J connectivity index is 2.58. The van der Waals surface area contributed by atoms with Gasteiger partial charge in [-0.05, 0) is 12.1 Å². The van der Waals surface area contributed by atoms with Crippen molar-refractivity contribution >= 4 is 27.5 Å². The number of carbonyl (C=O) groups is 1. The van der Waals surface area contributed by atoms with E-state index < -0.39 is 5.97 Å². The summed E-state index contributed by atoms with van der Waals surface area (Å²) in [5.74, 6) is -0.910. The Hall–Kier alpha value is -1.62. The van der Waals surface area contributed by atoms with Crippen molar-refractivity contribution in [2.45, 2.75) is 0 Å². The average molecular weight is 222 g/mol. The predicted octanol–water partition coefficient (Wildman–Crippen LogP) is 1.23. The molecule has 2 rings (SSSR count). The Bertz CT molecular complexity index is 568. The van der Waals surface area contributed by atoms with Crippen LogP contribution in [-0.2, 0) is 11.8 Å². The molecule has 0 saturated heterocycles. The van der Waals surface area contributed by atoms with Gasteiger partial charge in [-0.1, -0.05) is 23.5 Å². The minimum absolute atomic E-state index is 0.180. The molecule has 0 unspecified atom stereocenters. The van der Waals surface area contributed by atoms with Gasteiger partial charge in [-0.3, -0.25) is 4.79 Å². The maximum absolute atomic E-state index is 10.4. The lowest BCUT2D eigenvalue weighted by molar-refractivity contribution is -0.135. The number of fused-ring (bicyclic) bond motifs is 1. The largest absolute Gasteiger partial charge is 0.480 e. The summed E-state index contributed by atoms with van der Waals surface area (Å²) in [4.78, 5) is 15.2. The van der Waals surface area contributed by atoms with Gasteiger partial charge in [0.1, 0.15) is 6.54 Å². The summed E-state index contributed by atoms with van der Waals surface area (Å²) in [5, 5.41) is 8.54. The average Bonchev–Trinajstić information content (AvgIpc) is 2.54. The lowest BCUT2D eigenvalue weighted by atomic mass is 10.3. The van der Waals surface area contributed by atoms with Crippen LogP contribution < -0.4 is 4.80 Å². The Kier molecular flexibility index (Phi) is 2.55. The van der Waals surface area contributed by atoms with Gasteiger partial charge in [0.05, 0.1) is 10.2 Å². The SMILES string of the molecule is Cn1c(=NCC(=O)O)sc2ccccc21. The second kappa shape index (κ2) is 3.86. The fourth-order valence-electron chi connectivity index (χ4n) is 1.36. The Labute approximate surface area is 90.1 Å². The number of aryl methyl sites for hydroxylation is 1. The number of hydrogen-bond donors (Lipinski definition) is 1. The van der Waals surface area contributed by atoms with Crippen LogP contribution in [0, 0.1) is 0 Å². The number of para-hydroxylation sites is 1. The van der Waals surface area contributed by atoms with Gasteiger partial charge in [-0.25, -0.2) is 4.99 Å². The number of rotatable bonds is 2. The summed E-state index contributed by atoms with van der Waals surface area (Å²) >= 11 is 1.50. The molecule has 15 heavy (non-hydrogen) atoms. The minimum Gasteiger partial charge on any atom is -0.480 e. The molecule has 5 heteroatoms. The van der Waals surface area contributed by atoms with E-state index in [1.165, 1.54) is 11.3 Å². The molecule has 0 saturated carbocycles. The van der Waals surface area contributed by atoms with E-state index in [9.17, 15) is 4.79 Å². The molecule has 1 N–H and O–H groups in total. The molecule has 0 radical (unpaired) electrons. The zero-order valence-electron chi connectivity index (χ0n) is 8.17. The number of nitrogens with zero attached hydrogens (tertiary/aromatic N) is 2. The molecule has 0 aliphatic heterocycles. The van der Waals surface area contributed by atoms with Gasteiger partial charge in [0, 0.05) is 7.05 Å². The van der Waals surface area contributed by atoms with Crippen LogP contribution in [0.2, 0.25) is 0 Å². The van der Waals surface area contributed by atoms with Crippen molar-refractivity contribution in [2.75, 3.05) is 6.54 Å². The highest BCUT2D eigenvalue weighted by atomic mass is 32.1. The monoisotopic (exact) mass is 222 g/mol. The van der Waals surface area contributed by atoms with Crippen molar-refractivity contribution in [3.05, 3.63) is 29.1 Å². The van der Waals surface area contributed by atoms with Crippen LogP contribution in [-0.4, -0.2) is 22.2 Å². The minimum atomic E-state index is -0.910. The molecule has 0 spiro atoms. The summed E-state index contributed by atoms with van der Waals surface area (Å²) in [6.45, 7) is -0.180. The van der Waals surface area contributed by atoms with Crippen LogP contribution in [0.15, 0.2) is 29.3 Å². The van der Waals surface area contributed by atoms with Crippen molar-refractivity contribution < 1.29 is 9.90 Å². The first-order valence-corrected chi connectivity index (χ1v) is 5.27. The molecular weight excluding hydrogens is 212 g/mol. The molecule has 0 fully saturated rings. The van der Waals surface area contributed by atoms with E-state index in [1.54, 1.807) is 0 Å². The van der Waals surface area contributed by atoms with E-state index in [2.05, 4.69) is 4.99 Å². The maximum atomic E-state index is 10.4. The van der Waals surface area contributed by atoms with E-state index in [-0.39, 0.29) is 6.54 Å². The van der Waals surface area contributed by atoms with Crippen LogP contribution in [0.1, 0.15) is 0 Å². The van der Waals surface area contributed by atoms with Gasteiger partial charge in [0.2, 0.25) is 0 Å². The summed E-state index contributed by atoms with van der Waals surface area (Å²) in [6, 6.07) is 7.90. The molecule has 2 aromatic rings. The first-order chi connectivity index (χ1) is 7.18. The number of aliphatic carboxylic acids is 1. The second-order valence-corrected chi connectivity index (χ2v) is 4.13. The zero-order valence-corrected chi connectivity index (χ0v) is 8.99. The highest BCUT2D eigenvalue weighted by Crippen LogP contribution is 2.14. The molecule has 1 aromatic carbocycles. The van der Waals surface area contributed by atoms with Crippen LogP contribution >= 0.6 is 11.3 Å². The summed E-state index contributed by atoms with van der Waals surface area (Å²) in [6.07, 6.45) is 0. The summed E-state index contributed by atoms with van der Waals surface area (Å²) in [7, 11) is 1.89. The number of thiazole rings is 1. The molecule has 4 nitrogen and oxygen atoms in total. The molecule has 0 atom stereocenters. The maximum Gasteiger partial charge on any atom is 0.325 e. The molecule has 0 amide bonds. The third-order valence-corrected chi connectivity index (χ3v) is 3.22. The quantitative estimate of drug-likeness (QED) is 0.830. The van der Waals surface area contributed by atoms with Crippen molar-refractivity contribution in [3.8, 4) is 0 Å². The van der Waals surface area contributed by atoms with Gasteiger partial charge in [0.15, 0.2) is 4.80 Å². The van der Waals surface area contributed by atoms with Crippen molar-refractivity contribution in [3.63, 3.8) is 0 Å². The highest BCUT2D eigenvalue weighted by Gasteiger charge is 2.01. The standard InChI is InChI=1S/C10H10N2O2S/c1-12-7-4-2-3-5-8(7)15-10(12)11-6-9(13)14/h2-5H,6H2,1H3,(H,13,14). The van der Waals surface area contributed by atoms with Gasteiger partial charge in [0.25, 0.3) is 0 Å². The number of benzene rings is 1. The third kappa shape index (κ3) is 1.92. The first kappa shape index (κ1) is 9.92. The third-order valence-electron chi connectivity index (χ3n) is 2.06. The van der Waals surface area contributed by atoms with Crippen molar-refractivity contribution in [1.29, 1.82) is 0 Å². The van der Waals surface area contributed by atoms with E-state index in [1.807, 2.05) is 35.9 Å². The Morgan fingerprint density at radius 2 is 2.27 bits per heavy atom. The smallest absolute Gasteiger partial charge is 0.325 e. The van der Waals surface area contributed by atoms with Crippen LogP contribution in [0.25, 0.3) is 10.2 Å². The van der Waals surface area contributed by atoms with Crippen LogP contribution in [0.5, 0.6) is 0 Å². The number of aromatic nitrogens is 1. The lowest BCUT2D eigenvalue weighted by Gasteiger charge is -1.93. The van der Waals surface area contributed by atoms with Gasteiger partial charge in [-0.15, -0.1) is 0 Å². The van der Waals surface area contributed by atoms with E-state index in [0.29, 0.717) is 0 Å². The van der Waals surface area contributed by atoms with Gasteiger partial charge in [-0.2, -0.15) is 0 Å². The number of carboxylic acids is 1. The molecular formula is C10H10N2O2S. The Morgan fingerprint density at radius 3 is 2.93 bits per heavy atom. The molecule has 1 aromatic heterocycles. The van der Waals surface area contributed by atoms with Gasteiger partial charge < -0.3 is 9.67 Å². The molecule has 78 valence electrons. The first-order valence-electron chi connectivity index (χ1n) is 4.45. The fraction of sp³-hybridized carbons (Fsp3) is 0.200. The highest BCUT2D eigenvalue weighted by molar-refractivity contribution is 7.16. The van der Waals surface area contributed by atoms with Crippen molar-refractivity contribution in [1.82, 2.24) is 4.57 Å². The van der Waals surface area contributed by atoms with E-state index in [4.69, 9.17) is 5.11 Å². The summed E-state index contributed by atoms with van der Waals surface area (Å²) < 4.78 is 3.02. The second-order valence-electron chi connectivity index (χ2n) is 3.12. The van der Waals surface area contributed by atoms with E-state index >= 15 is 0 Å². The lowest BCUT2D eigenvalue weighted by Crippen LogP contribution is -2.13. The number of hydrogen-bond acceptors (Lipinski definition) is 3. The van der Waals surface area contributed by atoms with E-state index in [0.717, 1.165) is 15.0 Å². The normalized spacial score (nSPS) is 12.2. The molecule has 0 aliphatic carbocycles. The molecule has 0 bridgehead atoms.